The number of nitrogens with zero attached hydrogens (tertiary/aromatic N) is 5. The molecule has 4 heterocycles. The Morgan fingerprint density at radius 1 is 0.719 bits per heavy atom. The topological polar surface area (TPSA) is 56.5 Å². The van der Waals surface area contributed by atoms with Crippen LogP contribution < -0.4 is 0 Å². The number of halogens is 2. The average molecular weight is 434 g/mol. The average Bonchev–Trinajstić information content (AvgIpc) is 3.25. The zero-order valence-corrected chi connectivity index (χ0v) is 18.8. The Bertz CT molecular complexity index is 1270. The molecule has 0 unspecified atom stereocenters. The van der Waals surface area contributed by atoms with E-state index in [1.54, 1.807) is 16.8 Å². The summed E-state index contributed by atoms with van der Waals surface area (Å²) in [7, 11) is 0. The molecule has 0 fully saturated rings. The van der Waals surface area contributed by atoms with Crippen LogP contribution in [0.5, 0.6) is 0 Å². The molecule has 4 aromatic rings. The van der Waals surface area contributed by atoms with Gasteiger partial charge in [0.05, 0.1) is 28.3 Å². The molecule has 0 bridgehead atoms. The number of aromatic nitrogens is 5. The van der Waals surface area contributed by atoms with Crippen molar-refractivity contribution in [2.45, 2.75) is 45.4 Å². The largest absolute Gasteiger partial charge is 0.252 e. The molecule has 164 valence electrons. The molecule has 4 aromatic heterocycles. The Balaban J connectivity index is 1.71. The first-order valence-electron chi connectivity index (χ1n) is 10.4. The Kier molecular flexibility index (Phi) is 5.36. The highest BCUT2D eigenvalue weighted by Crippen LogP contribution is 2.31. The molecule has 5 nitrogen and oxygen atoms in total. The molecule has 32 heavy (non-hydrogen) atoms. The number of hydrogen-bond donors (Lipinski definition) is 0. The molecule has 0 N–H and O–H groups in total. The van der Waals surface area contributed by atoms with Gasteiger partial charge in [0.25, 0.3) is 0 Å². The third-order valence-electron chi connectivity index (χ3n) is 5.45. The lowest BCUT2D eigenvalue weighted by molar-refractivity contribution is 0.514. The maximum Gasteiger partial charge on any atom is 0.224 e. The molecule has 0 atom stereocenters. The predicted octanol–water partition coefficient (Wildman–Crippen LogP) is 5.63. The third kappa shape index (κ3) is 4.15. The minimum absolute atomic E-state index is 0.0586. The minimum Gasteiger partial charge on any atom is -0.252 e. The normalized spacial score (nSPS) is 12.2. The van der Waals surface area contributed by atoms with E-state index < -0.39 is 17.3 Å². The van der Waals surface area contributed by atoms with Crippen molar-refractivity contribution in [3.63, 3.8) is 0 Å². The molecule has 0 saturated heterocycles. The fourth-order valence-corrected chi connectivity index (χ4v) is 3.42. The van der Waals surface area contributed by atoms with Crippen molar-refractivity contribution >= 4 is 0 Å². The van der Waals surface area contributed by atoms with Crippen molar-refractivity contribution in [2.75, 3.05) is 0 Å². The van der Waals surface area contributed by atoms with Gasteiger partial charge in [-0.05, 0) is 56.3 Å². The quantitative estimate of drug-likeness (QED) is 0.392. The molecule has 0 aliphatic rings. The van der Waals surface area contributed by atoms with Crippen LogP contribution in [0.15, 0.2) is 60.8 Å². The van der Waals surface area contributed by atoms with Crippen LogP contribution in [0.1, 0.15) is 51.7 Å². The van der Waals surface area contributed by atoms with Crippen LogP contribution in [0.4, 0.5) is 8.78 Å². The zero-order chi connectivity index (χ0) is 23.1. The van der Waals surface area contributed by atoms with Gasteiger partial charge in [0, 0.05) is 17.0 Å². The van der Waals surface area contributed by atoms with Gasteiger partial charge >= 0.3 is 0 Å². The standard InChI is InChI=1S/C25H25F2N5/c1-24(2,3)18-14-15-32(31-18)22-11-7-10-20(29-22)25(4,5)19-9-6-8-17(28-19)16-12-13-21(26)30-23(16)27/h6-15H,1-5H3. The second-order valence-corrected chi connectivity index (χ2v) is 9.28. The SMILES string of the molecule is CC(C)(C)c1ccn(-c2cccc(C(C)(C)c3cccc(-c4ccc(F)nc4F)n3)n2)n1. The molecule has 0 saturated carbocycles. The van der Waals surface area contributed by atoms with Gasteiger partial charge < -0.3 is 0 Å². The van der Waals surface area contributed by atoms with Gasteiger partial charge in [-0.3, -0.25) is 4.98 Å². The minimum atomic E-state index is -0.888. The molecule has 0 aliphatic heterocycles. The summed E-state index contributed by atoms with van der Waals surface area (Å²) in [6.45, 7) is 10.4. The second kappa shape index (κ2) is 7.89. The maximum absolute atomic E-state index is 14.2. The van der Waals surface area contributed by atoms with Crippen LogP contribution in [0, 0.1) is 11.9 Å². The highest BCUT2D eigenvalue weighted by molar-refractivity contribution is 5.59. The van der Waals surface area contributed by atoms with Gasteiger partial charge in [-0.1, -0.05) is 32.9 Å². The summed E-state index contributed by atoms with van der Waals surface area (Å²) in [5.41, 5.74) is 2.39. The smallest absolute Gasteiger partial charge is 0.224 e. The van der Waals surface area contributed by atoms with Crippen molar-refractivity contribution in [2.24, 2.45) is 0 Å². The summed E-state index contributed by atoms with van der Waals surface area (Å²) < 4.78 is 29.2. The Labute approximate surface area is 186 Å². The van der Waals surface area contributed by atoms with Crippen LogP contribution in [0.3, 0.4) is 0 Å². The van der Waals surface area contributed by atoms with E-state index >= 15 is 0 Å². The van der Waals surface area contributed by atoms with Crippen molar-refractivity contribution in [3.05, 3.63) is 89.8 Å². The van der Waals surface area contributed by atoms with Gasteiger partial charge in [-0.15, -0.1) is 0 Å². The summed E-state index contributed by atoms with van der Waals surface area (Å²) in [6.07, 6.45) is 1.91. The van der Waals surface area contributed by atoms with E-state index in [9.17, 15) is 8.78 Å². The lowest BCUT2D eigenvalue weighted by Crippen LogP contribution is -2.23. The van der Waals surface area contributed by atoms with E-state index in [1.807, 2.05) is 50.4 Å². The zero-order valence-electron chi connectivity index (χ0n) is 18.8. The van der Waals surface area contributed by atoms with E-state index in [-0.39, 0.29) is 11.0 Å². The number of hydrogen-bond acceptors (Lipinski definition) is 4. The first-order valence-corrected chi connectivity index (χ1v) is 10.4. The monoisotopic (exact) mass is 433 g/mol. The Morgan fingerprint density at radius 3 is 2.06 bits per heavy atom. The lowest BCUT2D eigenvalue weighted by atomic mass is 9.84. The number of pyridine rings is 3. The van der Waals surface area contributed by atoms with Crippen LogP contribution in [-0.2, 0) is 10.8 Å². The molecular formula is C25H25F2N5. The van der Waals surface area contributed by atoms with Crippen molar-refractivity contribution in [1.29, 1.82) is 0 Å². The van der Waals surface area contributed by atoms with Crippen molar-refractivity contribution < 1.29 is 8.78 Å². The van der Waals surface area contributed by atoms with Gasteiger partial charge in [-0.2, -0.15) is 18.9 Å². The van der Waals surface area contributed by atoms with Crippen LogP contribution in [-0.4, -0.2) is 24.7 Å². The van der Waals surface area contributed by atoms with E-state index in [0.29, 0.717) is 17.2 Å². The highest BCUT2D eigenvalue weighted by atomic mass is 19.1. The van der Waals surface area contributed by atoms with Gasteiger partial charge in [0.1, 0.15) is 0 Å². The molecule has 7 heteroatoms. The van der Waals surface area contributed by atoms with Crippen LogP contribution in [0.25, 0.3) is 17.1 Å². The molecular weight excluding hydrogens is 408 g/mol. The van der Waals surface area contributed by atoms with Crippen LogP contribution >= 0.6 is 0 Å². The Hall–Kier alpha value is -3.48. The summed E-state index contributed by atoms with van der Waals surface area (Å²) in [5.74, 6) is -1.05. The summed E-state index contributed by atoms with van der Waals surface area (Å²) in [4.78, 5) is 12.8. The molecule has 0 spiro atoms. The van der Waals surface area contributed by atoms with E-state index in [1.165, 1.54) is 6.07 Å². The summed E-state index contributed by atoms with van der Waals surface area (Å²) in [6, 6.07) is 15.6. The predicted molar refractivity (Wildman–Crippen MR) is 120 cm³/mol. The molecule has 0 amide bonds. The van der Waals surface area contributed by atoms with Crippen molar-refractivity contribution in [1.82, 2.24) is 24.7 Å². The van der Waals surface area contributed by atoms with Crippen LogP contribution in [0.2, 0.25) is 0 Å². The van der Waals surface area contributed by atoms with Gasteiger partial charge in [0.15, 0.2) is 5.82 Å². The fraction of sp³-hybridized carbons (Fsp3) is 0.280. The molecule has 0 radical (unpaired) electrons. The third-order valence-corrected chi connectivity index (χ3v) is 5.45. The first-order chi connectivity index (χ1) is 15.1. The second-order valence-electron chi connectivity index (χ2n) is 9.28. The molecule has 0 aliphatic carbocycles. The van der Waals surface area contributed by atoms with Gasteiger partial charge in [0.2, 0.25) is 11.9 Å². The summed E-state index contributed by atoms with van der Waals surface area (Å²) >= 11 is 0. The van der Waals surface area contributed by atoms with E-state index in [2.05, 4.69) is 35.8 Å². The fourth-order valence-electron chi connectivity index (χ4n) is 3.42. The van der Waals surface area contributed by atoms with E-state index in [0.717, 1.165) is 17.5 Å². The maximum atomic E-state index is 14.2. The first kappa shape index (κ1) is 21.7. The molecule has 4 rings (SSSR count). The lowest BCUT2D eigenvalue weighted by Gasteiger charge is -2.24. The van der Waals surface area contributed by atoms with E-state index in [4.69, 9.17) is 4.98 Å². The van der Waals surface area contributed by atoms with Crippen molar-refractivity contribution in [3.8, 4) is 17.1 Å². The molecule has 0 aromatic carbocycles. The van der Waals surface area contributed by atoms with Gasteiger partial charge in [-0.25, -0.2) is 9.67 Å². The number of rotatable bonds is 4. The summed E-state index contributed by atoms with van der Waals surface area (Å²) in [5, 5.41) is 4.68. The Morgan fingerprint density at radius 2 is 1.41 bits per heavy atom. The highest BCUT2D eigenvalue weighted by Gasteiger charge is 2.28.